The molecule has 0 bridgehead atoms. The van der Waals surface area contributed by atoms with Gasteiger partial charge in [0.25, 0.3) is 5.91 Å². The molecule has 5 rings (SSSR count). The van der Waals surface area contributed by atoms with E-state index < -0.39 is 14.3 Å². The molecule has 47 heavy (non-hydrogen) atoms. The second-order valence-corrected chi connectivity index (χ2v) is 19.3. The van der Waals surface area contributed by atoms with Gasteiger partial charge in [-0.25, -0.2) is 4.79 Å². The van der Waals surface area contributed by atoms with Crippen molar-refractivity contribution in [2.24, 2.45) is 17.6 Å². The maximum absolute atomic E-state index is 13.8. The van der Waals surface area contributed by atoms with Gasteiger partial charge in [-0.1, -0.05) is 58.0 Å². The number of primary amides is 1. The summed E-state index contributed by atoms with van der Waals surface area (Å²) in [7, 11) is 1.67. The SMILES string of the molecule is BNPOC(=O)C1=C(COc2cccc3c(C[N+]4(C)CCC[C@@H]4C(N)=O)cccc23)[C@H](C)C2[C@@H]([C@@H](C)O[Si](CC)(CC)CC)C(=O)N12. The number of fused-ring (bicyclic) bond motifs is 2. The maximum Gasteiger partial charge on any atom is 0.358 e. The molecule has 2 saturated heterocycles. The summed E-state index contributed by atoms with van der Waals surface area (Å²) in [4.78, 5) is 44.0. The molecule has 3 unspecified atom stereocenters. The molecule has 0 aromatic heterocycles. The molecular weight excluding hydrogens is 630 g/mol. The molecule has 2 aromatic carbocycles. The van der Waals surface area contributed by atoms with Crippen LogP contribution < -0.4 is 15.5 Å². The Morgan fingerprint density at radius 1 is 1.15 bits per heavy atom. The molecule has 2 aromatic rings. The van der Waals surface area contributed by atoms with Crippen molar-refractivity contribution in [1.82, 2.24) is 9.90 Å². The second-order valence-electron chi connectivity index (χ2n) is 13.7. The van der Waals surface area contributed by atoms with E-state index in [1.807, 2.05) is 31.2 Å². The van der Waals surface area contributed by atoms with E-state index in [0.29, 0.717) is 22.5 Å². The number of nitrogens with two attached hydrogens (primary N) is 1. The van der Waals surface area contributed by atoms with Gasteiger partial charge < -0.3 is 33.8 Å². The Labute approximate surface area is 282 Å². The smallest absolute Gasteiger partial charge is 0.358 e. The fourth-order valence-corrected chi connectivity index (χ4v) is 11.6. The number of carbonyl (C=O) groups is 3. The topological polar surface area (TPSA) is 120 Å². The van der Waals surface area contributed by atoms with Gasteiger partial charge >= 0.3 is 5.97 Å². The molecule has 10 nitrogen and oxygen atoms in total. The third kappa shape index (κ3) is 6.52. The molecule has 7 atom stereocenters. The van der Waals surface area contributed by atoms with E-state index in [4.69, 9.17) is 19.4 Å². The number of hydrogen-bond donors (Lipinski definition) is 2. The molecule has 2 fully saturated rings. The largest absolute Gasteiger partial charge is 0.488 e. The molecule has 0 spiro atoms. The van der Waals surface area contributed by atoms with E-state index in [9.17, 15) is 14.4 Å². The van der Waals surface area contributed by atoms with Crippen molar-refractivity contribution in [2.75, 3.05) is 20.2 Å². The third-order valence-electron chi connectivity index (χ3n) is 11.2. The minimum Gasteiger partial charge on any atom is -0.488 e. The first kappa shape index (κ1) is 35.5. The average Bonchev–Trinajstić information content (AvgIpc) is 3.56. The quantitative estimate of drug-likeness (QED) is 0.126. The zero-order chi connectivity index (χ0) is 34.1. The van der Waals surface area contributed by atoms with E-state index in [0.717, 1.165) is 59.4 Å². The van der Waals surface area contributed by atoms with Crippen molar-refractivity contribution in [1.29, 1.82) is 0 Å². The number of benzene rings is 2. The Balaban J connectivity index is 1.42. The van der Waals surface area contributed by atoms with Crippen LogP contribution in [0.2, 0.25) is 18.1 Å². The van der Waals surface area contributed by atoms with E-state index in [2.05, 4.69) is 51.9 Å². The molecule has 13 heteroatoms. The minimum absolute atomic E-state index is 0.0853. The number of ether oxygens (including phenoxy) is 1. The van der Waals surface area contributed by atoms with Gasteiger partial charge in [-0.15, -0.1) is 0 Å². The van der Waals surface area contributed by atoms with Crippen molar-refractivity contribution < 1.29 is 32.6 Å². The summed E-state index contributed by atoms with van der Waals surface area (Å²) in [6, 6.07) is 14.8. The van der Waals surface area contributed by atoms with E-state index in [-0.39, 0.29) is 57.4 Å². The first-order valence-corrected chi connectivity index (χ1v) is 20.5. The normalized spacial score (nSPS) is 26.6. The number of likely N-dealkylation sites (N-methyl/N-ethyl adjacent to an activating group) is 1. The van der Waals surface area contributed by atoms with Crippen LogP contribution in [0.3, 0.4) is 0 Å². The van der Waals surface area contributed by atoms with Crippen LogP contribution in [0.25, 0.3) is 10.8 Å². The molecule has 0 aliphatic carbocycles. The molecular formula is C34H51BN4O6PSi+. The van der Waals surface area contributed by atoms with E-state index in [1.165, 1.54) is 0 Å². The number of nitrogens with one attached hydrogen (secondary N) is 1. The number of nitrogens with zero attached hydrogens (tertiary/aromatic N) is 2. The predicted octanol–water partition coefficient (Wildman–Crippen LogP) is 4.14. The molecule has 3 heterocycles. The highest BCUT2D eigenvalue weighted by Crippen LogP contribution is 2.49. The van der Waals surface area contributed by atoms with Gasteiger partial charge in [-0.05, 0) is 36.5 Å². The lowest BCUT2D eigenvalue weighted by atomic mass is 9.78. The molecule has 3 aliphatic rings. The Morgan fingerprint density at radius 2 is 1.83 bits per heavy atom. The van der Waals surface area contributed by atoms with Crippen LogP contribution in [0.1, 0.15) is 53.0 Å². The number of amides is 2. The Morgan fingerprint density at radius 3 is 2.49 bits per heavy atom. The predicted molar refractivity (Wildman–Crippen MR) is 191 cm³/mol. The van der Waals surface area contributed by atoms with Gasteiger partial charge in [0.1, 0.15) is 33.6 Å². The lowest BCUT2D eigenvalue weighted by Crippen LogP contribution is -2.65. The summed E-state index contributed by atoms with van der Waals surface area (Å²) in [5, 5.41) is 2.01. The number of carbonyl (C=O) groups excluding carboxylic acids is 3. The molecule has 2 amide bonds. The van der Waals surface area contributed by atoms with E-state index in [1.54, 1.807) is 12.9 Å². The summed E-state index contributed by atoms with van der Waals surface area (Å²) >= 11 is 0. The van der Waals surface area contributed by atoms with Crippen LogP contribution in [0.5, 0.6) is 5.75 Å². The average molecular weight is 682 g/mol. The number of β-lactam (4-membered cyclic amide) rings is 1. The van der Waals surface area contributed by atoms with Crippen molar-refractivity contribution in [3.05, 3.63) is 53.2 Å². The molecule has 0 radical (unpaired) electrons. The summed E-state index contributed by atoms with van der Waals surface area (Å²) in [5.41, 5.74) is 7.99. The third-order valence-corrected chi connectivity index (χ3v) is 16.5. The molecule has 254 valence electrons. The Bertz CT molecular complexity index is 1550. The molecule has 3 N–H and O–H groups in total. The molecule has 3 aliphatic heterocycles. The van der Waals surface area contributed by atoms with Crippen molar-refractivity contribution in [2.45, 2.75) is 90.3 Å². The Hall–Kier alpha value is -2.76. The maximum atomic E-state index is 13.8. The lowest BCUT2D eigenvalue weighted by Gasteiger charge is -2.49. The fourth-order valence-electron chi connectivity index (χ4n) is 8.33. The highest BCUT2D eigenvalue weighted by Gasteiger charge is 2.61. The standard InChI is InChI=1S/C34H50BN4O6PSi/c1-7-47(8-2,9-3)45-22(5)29-30-21(4)26(31(38(30)33(29)41)34(42)44-46-37-35)20-43-28-17-11-14-24-23(13-10-15-25(24)28)19-39(6)18-12-16-27(39)32(36)40/h10-11,13-15,17,21-22,27,29-30,37,46H,7-9,12,16,18-20,35H2,1-6H3,(H-,36,40)/p+1/t21-,22+,27+,29+,30?,39?/m0/s1. The lowest BCUT2D eigenvalue weighted by molar-refractivity contribution is -0.925. The van der Waals surface area contributed by atoms with Gasteiger partial charge in [-0.3, -0.25) is 9.59 Å². The number of likely N-dealkylation sites (tertiary alicyclic amines) is 1. The summed E-state index contributed by atoms with van der Waals surface area (Å²) in [5.74, 6) is -0.585. The second kappa shape index (κ2) is 14.4. The summed E-state index contributed by atoms with van der Waals surface area (Å²) in [6.07, 6.45) is 1.55. The monoisotopic (exact) mass is 681 g/mol. The van der Waals surface area contributed by atoms with Gasteiger partial charge in [-0.2, -0.15) is 0 Å². The number of quaternary nitrogens is 1. The van der Waals surface area contributed by atoms with Crippen LogP contribution in [0.4, 0.5) is 0 Å². The fraction of sp³-hybridized carbons (Fsp3) is 0.559. The van der Waals surface area contributed by atoms with E-state index >= 15 is 0 Å². The van der Waals surface area contributed by atoms with Crippen LogP contribution in [-0.2, 0) is 29.9 Å². The first-order valence-electron chi connectivity index (χ1n) is 17.1. The summed E-state index contributed by atoms with van der Waals surface area (Å²) in [6.45, 7) is 12.4. The number of hydrogen-bond acceptors (Lipinski definition) is 7. The van der Waals surface area contributed by atoms with Crippen molar-refractivity contribution >= 4 is 53.8 Å². The van der Waals surface area contributed by atoms with Crippen molar-refractivity contribution in [3.8, 4) is 5.75 Å². The highest BCUT2D eigenvalue weighted by atomic mass is 31.1. The van der Waals surface area contributed by atoms with Crippen LogP contribution in [-0.4, -0.2) is 81.9 Å². The zero-order valence-corrected chi connectivity index (χ0v) is 30.9. The van der Waals surface area contributed by atoms with Gasteiger partial charge in [0.15, 0.2) is 22.3 Å². The first-order chi connectivity index (χ1) is 22.5. The minimum atomic E-state index is -1.94. The summed E-state index contributed by atoms with van der Waals surface area (Å²) < 4.78 is 19.4. The van der Waals surface area contributed by atoms with Crippen LogP contribution in [0.15, 0.2) is 47.7 Å². The van der Waals surface area contributed by atoms with Gasteiger partial charge in [0, 0.05) is 35.3 Å². The van der Waals surface area contributed by atoms with Gasteiger partial charge in [0.2, 0.25) is 5.91 Å². The van der Waals surface area contributed by atoms with Crippen molar-refractivity contribution in [3.63, 3.8) is 0 Å². The molecule has 0 saturated carbocycles. The Kier molecular flexibility index (Phi) is 10.9. The van der Waals surface area contributed by atoms with Crippen LogP contribution in [0, 0.1) is 11.8 Å². The van der Waals surface area contributed by atoms with Gasteiger partial charge in [0.05, 0.1) is 31.7 Å². The zero-order valence-electron chi connectivity index (χ0n) is 28.9. The highest BCUT2D eigenvalue weighted by molar-refractivity contribution is 7.32. The number of rotatable bonds is 15. The van der Waals surface area contributed by atoms with Crippen LogP contribution >= 0.6 is 8.96 Å².